The summed E-state index contributed by atoms with van der Waals surface area (Å²) in [4.78, 5) is 0. The van der Waals surface area contributed by atoms with Crippen LogP contribution in [0.4, 0.5) is 0 Å². The van der Waals surface area contributed by atoms with E-state index in [0.29, 0.717) is 23.0 Å². The van der Waals surface area contributed by atoms with Gasteiger partial charge in [-0.1, -0.05) is 0 Å². The molecular weight excluding hydrogens is 348 g/mol. The Kier molecular flexibility index (Phi) is 4.42. The van der Waals surface area contributed by atoms with Crippen LogP contribution in [0.15, 0.2) is 24.3 Å². The predicted octanol–water partition coefficient (Wildman–Crippen LogP) is 3.77. The lowest BCUT2D eigenvalue weighted by Crippen LogP contribution is -2.47. The molecule has 2 heterocycles. The minimum absolute atomic E-state index is 0.649. The topological polar surface area (TPSA) is 55.4 Å². The molecule has 0 aromatic heterocycles. The molecule has 6 nitrogen and oxygen atoms in total. The molecule has 2 aliphatic rings. The summed E-state index contributed by atoms with van der Waals surface area (Å²) >= 11 is 0. The van der Waals surface area contributed by atoms with Crippen LogP contribution in [-0.2, 0) is 12.8 Å². The van der Waals surface area contributed by atoms with Gasteiger partial charge in [0.15, 0.2) is 23.0 Å². The van der Waals surface area contributed by atoms with E-state index in [2.05, 4.69) is 0 Å². The third-order valence-electron chi connectivity index (χ3n) is 5.28. The minimum Gasteiger partial charge on any atom is -0.493 e. The number of fused-ring (bicyclic) bond motifs is 2. The average molecular weight is 372 g/mol. The Morgan fingerprint density at radius 2 is 1.00 bits per heavy atom. The number of ether oxygens (including phenoxy) is 6. The monoisotopic (exact) mass is 372 g/mol. The highest BCUT2D eigenvalue weighted by Gasteiger charge is 2.42. The van der Waals surface area contributed by atoms with Gasteiger partial charge in [0.2, 0.25) is 0 Å². The molecule has 0 N–H and O–H groups in total. The number of rotatable bonds is 4. The van der Waals surface area contributed by atoms with Crippen molar-refractivity contribution in [2.75, 3.05) is 28.4 Å². The molecule has 0 atom stereocenters. The second-order valence-corrected chi connectivity index (χ2v) is 6.74. The van der Waals surface area contributed by atoms with Crippen molar-refractivity contribution in [3.63, 3.8) is 0 Å². The van der Waals surface area contributed by atoms with E-state index < -0.39 is 5.79 Å². The highest BCUT2D eigenvalue weighted by Crippen LogP contribution is 2.47. The Labute approximate surface area is 158 Å². The van der Waals surface area contributed by atoms with Crippen LogP contribution < -0.4 is 28.4 Å². The maximum atomic E-state index is 6.36. The Morgan fingerprint density at radius 1 is 0.630 bits per heavy atom. The van der Waals surface area contributed by atoms with Crippen molar-refractivity contribution in [1.82, 2.24) is 0 Å². The second kappa shape index (κ2) is 6.76. The zero-order chi connectivity index (χ0) is 19.0. The lowest BCUT2D eigenvalue weighted by molar-refractivity contribution is -0.139. The van der Waals surface area contributed by atoms with E-state index in [4.69, 9.17) is 28.4 Å². The van der Waals surface area contributed by atoms with E-state index in [1.54, 1.807) is 28.4 Å². The predicted molar refractivity (Wildman–Crippen MR) is 99.7 cm³/mol. The molecule has 0 saturated heterocycles. The van der Waals surface area contributed by atoms with Crippen molar-refractivity contribution in [3.05, 3.63) is 35.4 Å². The summed E-state index contributed by atoms with van der Waals surface area (Å²) < 4.78 is 34.3. The van der Waals surface area contributed by atoms with Gasteiger partial charge in [0.05, 0.1) is 28.4 Å². The largest absolute Gasteiger partial charge is 0.493 e. The summed E-state index contributed by atoms with van der Waals surface area (Å²) in [6.07, 6.45) is 3.23. The molecule has 0 unspecified atom stereocenters. The van der Waals surface area contributed by atoms with E-state index in [-0.39, 0.29) is 0 Å². The summed E-state index contributed by atoms with van der Waals surface area (Å²) in [7, 11) is 6.52. The quantitative estimate of drug-likeness (QED) is 0.814. The van der Waals surface area contributed by atoms with Gasteiger partial charge in [-0.3, -0.25) is 0 Å². The van der Waals surface area contributed by atoms with Crippen molar-refractivity contribution in [2.45, 2.75) is 31.5 Å². The zero-order valence-corrected chi connectivity index (χ0v) is 16.1. The zero-order valence-electron chi connectivity index (χ0n) is 16.1. The van der Waals surface area contributed by atoms with E-state index in [1.165, 1.54) is 0 Å². The molecule has 27 heavy (non-hydrogen) atoms. The van der Waals surface area contributed by atoms with Crippen LogP contribution in [0.5, 0.6) is 34.5 Å². The van der Waals surface area contributed by atoms with Crippen LogP contribution in [0.2, 0.25) is 0 Å². The van der Waals surface area contributed by atoms with Crippen LogP contribution in [0, 0.1) is 0 Å². The molecule has 2 aliphatic heterocycles. The highest BCUT2D eigenvalue weighted by atomic mass is 16.7. The number of hydrogen-bond donors (Lipinski definition) is 0. The number of methoxy groups -OCH3 is 4. The first-order chi connectivity index (χ1) is 13.1. The molecule has 0 saturated carbocycles. The van der Waals surface area contributed by atoms with Crippen molar-refractivity contribution in [1.29, 1.82) is 0 Å². The maximum Gasteiger partial charge on any atom is 0.251 e. The van der Waals surface area contributed by atoms with Gasteiger partial charge < -0.3 is 28.4 Å². The number of hydrogen-bond acceptors (Lipinski definition) is 6. The third-order valence-corrected chi connectivity index (χ3v) is 5.28. The van der Waals surface area contributed by atoms with Gasteiger partial charge in [0.1, 0.15) is 11.5 Å². The fraction of sp³-hybridized carbons (Fsp3) is 0.429. The summed E-state index contributed by atoms with van der Waals surface area (Å²) in [6, 6.07) is 7.71. The first kappa shape index (κ1) is 17.6. The standard InChI is InChI=1S/C21H24O6/c1-22-17-9-13-5-7-21(26-15(13)11-19(17)24-3)8-6-14-10-18(23-2)20(25-4)12-16(14)27-21/h9-12H,5-8H2,1-4H3. The molecule has 2 aromatic rings. The first-order valence-electron chi connectivity index (χ1n) is 8.99. The van der Waals surface area contributed by atoms with Gasteiger partial charge >= 0.3 is 0 Å². The lowest BCUT2D eigenvalue weighted by Gasteiger charge is -2.42. The lowest BCUT2D eigenvalue weighted by atomic mass is 9.91. The first-order valence-corrected chi connectivity index (χ1v) is 8.99. The Balaban J connectivity index is 1.65. The molecule has 0 aliphatic carbocycles. The molecule has 2 aromatic carbocycles. The van der Waals surface area contributed by atoms with Crippen molar-refractivity contribution < 1.29 is 28.4 Å². The molecule has 0 bridgehead atoms. The van der Waals surface area contributed by atoms with Gasteiger partial charge in [-0.05, 0) is 36.1 Å². The summed E-state index contributed by atoms with van der Waals surface area (Å²) in [6.45, 7) is 0. The van der Waals surface area contributed by atoms with E-state index in [1.807, 2.05) is 24.3 Å². The molecule has 0 radical (unpaired) electrons. The van der Waals surface area contributed by atoms with E-state index >= 15 is 0 Å². The van der Waals surface area contributed by atoms with Crippen molar-refractivity contribution in [3.8, 4) is 34.5 Å². The number of aryl methyl sites for hydroxylation is 2. The van der Waals surface area contributed by atoms with Crippen molar-refractivity contribution in [2.24, 2.45) is 0 Å². The summed E-state index contributed by atoms with van der Waals surface area (Å²) in [5, 5.41) is 0. The second-order valence-electron chi connectivity index (χ2n) is 6.74. The highest BCUT2D eigenvalue weighted by molar-refractivity contribution is 5.53. The normalized spacial score (nSPS) is 16.4. The van der Waals surface area contributed by atoms with Crippen LogP contribution >= 0.6 is 0 Å². The molecule has 4 rings (SSSR count). The fourth-order valence-corrected chi connectivity index (χ4v) is 3.79. The molecule has 1 spiro atoms. The molecule has 0 amide bonds. The van der Waals surface area contributed by atoms with Gasteiger partial charge in [-0.25, -0.2) is 0 Å². The Morgan fingerprint density at radius 3 is 1.37 bits per heavy atom. The number of benzene rings is 2. The minimum atomic E-state index is -0.681. The SMILES string of the molecule is COc1cc2c(cc1OC)OC1(CC2)CCc2cc(OC)c(OC)cc2O1. The third kappa shape index (κ3) is 2.99. The Bertz CT molecular complexity index is 789. The smallest absolute Gasteiger partial charge is 0.251 e. The van der Waals surface area contributed by atoms with Crippen LogP contribution in [-0.4, -0.2) is 34.2 Å². The van der Waals surface area contributed by atoms with E-state index in [0.717, 1.165) is 48.3 Å². The molecule has 144 valence electrons. The molecule has 6 heteroatoms. The molecular formula is C21H24O6. The van der Waals surface area contributed by atoms with Crippen LogP contribution in [0.3, 0.4) is 0 Å². The van der Waals surface area contributed by atoms with Gasteiger partial charge in [0.25, 0.3) is 5.79 Å². The average Bonchev–Trinajstić information content (AvgIpc) is 2.71. The fourth-order valence-electron chi connectivity index (χ4n) is 3.79. The maximum absolute atomic E-state index is 6.36. The van der Waals surface area contributed by atoms with E-state index in [9.17, 15) is 0 Å². The summed E-state index contributed by atoms with van der Waals surface area (Å²) in [5.41, 5.74) is 2.19. The molecule has 0 fully saturated rings. The van der Waals surface area contributed by atoms with Gasteiger partial charge in [0, 0.05) is 25.0 Å². The Hall–Kier alpha value is -2.76. The van der Waals surface area contributed by atoms with Gasteiger partial charge in [-0.15, -0.1) is 0 Å². The summed E-state index contributed by atoms with van der Waals surface area (Å²) in [5.74, 6) is 3.60. The van der Waals surface area contributed by atoms with Crippen LogP contribution in [0.1, 0.15) is 24.0 Å². The van der Waals surface area contributed by atoms with Crippen LogP contribution in [0.25, 0.3) is 0 Å². The van der Waals surface area contributed by atoms with Gasteiger partial charge in [-0.2, -0.15) is 0 Å². The van der Waals surface area contributed by atoms with Crippen molar-refractivity contribution >= 4 is 0 Å².